The molecule has 12 heteroatoms. The number of anilines is 1. The van der Waals surface area contributed by atoms with E-state index >= 15 is 0 Å². The number of amides is 1. The maximum absolute atomic E-state index is 14.1. The lowest BCUT2D eigenvalue weighted by atomic mass is 9.89. The second kappa shape index (κ2) is 12.8. The van der Waals surface area contributed by atoms with Crippen LogP contribution in [0.15, 0.2) is 23.4 Å². The van der Waals surface area contributed by atoms with Crippen molar-refractivity contribution >= 4 is 39.1 Å². The number of hydrogen-bond donors (Lipinski definition) is 1. The highest BCUT2D eigenvalue weighted by Gasteiger charge is 2.31. The van der Waals surface area contributed by atoms with Gasteiger partial charge in [0.2, 0.25) is 11.9 Å². The van der Waals surface area contributed by atoms with Crippen LogP contribution < -0.4 is 9.50 Å². The minimum absolute atomic E-state index is 0.0901. The van der Waals surface area contributed by atoms with Gasteiger partial charge >= 0.3 is 16.1 Å². The molecular weight excluding hydrogens is 534 g/mol. The first-order valence-corrected chi connectivity index (χ1v) is 14.9. The van der Waals surface area contributed by atoms with Crippen LogP contribution in [0, 0.1) is 0 Å². The van der Waals surface area contributed by atoms with E-state index < -0.39 is 16.0 Å². The lowest BCUT2D eigenvalue weighted by molar-refractivity contribution is -0.141. The molecule has 0 aliphatic rings. The second-order valence-corrected chi connectivity index (χ2v) is 12.2. The summed E-state index contributed by atoms with van der Waals surface area (Å²) in [6.07, 6.45) is 2.72. The van der Waals surface area contributed by atoms with Gasteiger partial charge in [0.15, 0.2) is 11.2 Å². The summed E-state index contributed by atoms with van der Waals surface area (Å²) in [6.45, 7) is 15.3. The number of aromatic nitrogens is 4. The number of benzene rings is 1. The molecule has 3 aromatic rings. The Morgan fingerprint density at radius 2 is 1.57 bits per heavy atom. The van der Waals surface area contributed by atoms with Gasteiger partial charge in [0.25, 0.3) is 5.88 Å². The highest BCUT2D eigenvalue weighted by molar-refractivity contribution is 7.87. The summed E-state index contributed by atoms with van der Waals surface area (Å²) in [4.78, 5) is 35.7. The summed E-state index contributed by atoms with van der Waals surface area (Å²) in [5.41, 5.74) is 2.84. The molecule has 0 aliphatic carbocycles. The number of carbonyl (C=O) groups excluding carboxylic acids is 2. The highest BCUT2D eigenvalue weighted by Crippen LogP contribution is 2.37. The normalized spacial score (nSPS) is 12.0. The zero-order valence-corrected chi connectivity index (χ0v) is 25.3. The van der Waals surface area contributed by atoms with E-state index in [0.29, 0.717) is 30.5 Å². The SMILES string of the molecule is CC(=O)Nc1nc(OS(=O)(=O)c2c(C(C)C)cc(C(C)C)cc2C(C)C)c2c(ncn2CCCCOC(C)=O)n1. The van der Waals surface area contributed by atoms with E-state index in [1.165, 1.54) is 20.2 Å². The van der Waals surface area contributed by atoms with Gasteiger partial charge in [0.1, 0.15) is 4.90 Å². The Morgan fingerprint density at radius 3 is 2.10 bits per heavy atom. The molecule has 0 unspecified atom stereocenters. The topological polar surface area (TPSA) is 142 Å². The molecule has 218 valence electrons. The molecule has 1 aromatic carbocycles. The molecule has 0 radical (unpaired) electrons. The Balaban J connectivity index is 2.13. The molecule has 0 saturated carbocycles. The Labute approximate surface area is 235 Å². The van der Waals surface area contributed by atoms with Crippen molar-refractivity contribution in [1.29, 1.82) is 0 Å². The maximum atomic E-state index is 14.1. The van der Waals surface area contributed by atoms with Crippen LogP contribution in [0.3, 0.4) is 0 Å². The lowest BCUT2D eigenvalue weighted by Crippen LogP contribution is -2.19. The van der Waals surface area contributed by atoms with Crippen LogP contribution in [0.4, 0.5) is 5.95 Å². The molecule has 0 saturated heterocycles. The van der Waals surface area contributed by atoms with Crippen molar-refractivity contribution in [3.8, 4) is 5.88 Å². The standard InChI is InChI=1S/C28H39N5O6S/c1-16(2)21-13-22(17(3)4)25(23(14-21)18(5)6)40(36,37)39-27-24-26(31-28(32-27)30-19(7)34)29-15-33(24)11-9-10-12-38-20(8)35/h13-18H,9-12H2,1-8H3,(H,30,31,32,34). The molecule has 0 spiro atoms. The summed E-state index contributed by atoms with van der Waals surface area (Å²) in [7, 11) is -4.38. The molecule has 3 rings (SSSR count). The number of rotatable bonds is 12. The van der Waals surface area contributed by atoms with Gasteiger partial charge in [-0.05, 0) is 47.3 Å². The molecule has 2 heterocycles. The molecule has 0 bridgehead atoms. The van der Waals surface area contributed by atoms with Gasteiger partial charge in [-0.3, -0.25) is 14.9 Å². The lowest BCUT2D eigenvalue weighted by Gasteiger charge is -2.22. The average Bonchev–Trinajstić information content (AvgIpc) is 3.25. The number of nitrogens with one attached hydrogen (secondary N) is 1. The fourth-order valence-electron chi connectivity index (χ4n) is 4.31. The Hall–Kier alpha value is -3.54. The van der Waals surface area contributed by atoms with E-state index in [2.05, 4.69) is 34.1 Å². The van der Waals surface area contributed by atoms with Gasteiger partial charge < -0.3 is 13.5 Å². The zero-order chi connectivity index (χ0) is 29.8. The molecule has 1 N–H and O–H groups in total. The number of fused-ring (bicyclic) bond motifs is 1. The maximum Gasteiger partial charge on any atom is 0.341 e. The minimum Gasteiger partial charge on any atom is -0.466 e. The van der Waals surface area contributed by atoms with Crippen LogP contribution in [0.1, 0.15) is 103 Å². The molecule has 2 aromatic heterocycles. The first-order valence-electron chi connectivity index (χ1n) is 13.5. The van der Waals surface area contributed by atoms with Gasteiger partial charge in [-0.15, -0.1) is 0 Å². The monoisotopic (exact) mass is 573 g/mol. The third-order valence-electron chi connectivity index (χ3n) is 6.34. The number of carbonyl (C=O) groups is 2. The van der Waals surface area contributed by atoms with Crippen LogP contribution in [-0.4, -0.2) is 46.4 Å². The van der Waals surface area contributed by atoms with Crippen molar-refractivity contribution in [2.75, 3.05) is 11.9 Å². The predicted molar refractivity (Wildman–Crippen MR) is 152 cm³/mol. The number of imidazole rings is 1. The fraction of sp³-hybridized carbons (Fsp3) is 0.536. The van der Waals surface area contributed by atoms with Crippen LogP contribution in [0.2, 0.25) is 0 Å². The molecule has 40 heavy (non-hydrogen) atoms. The molecular formula is C28H39N5O6S. The molecule has 0 aliphatic heterocycles. The van der Waals surface area contributed by atoms with E-state index in [1.54, 1.807) is 4.57 Å². The first kappa shape index (κ1) is 31.0. The van der Waals surface area contributed by atoms with Gasteiger partial charge in [0.05, 0.1) is 12.9 Å². The third-order valence-corrected chi connectivity index (χ3v) is 7.69. The number of ether oxygens (including phenoxy) is 1. The summed E-state index contributed by atoms with van der Waals surface area (Å²) in [5, 5.41) is 2.49. The second-order valence-electron chi connectivity index (χ2n) is 10.7. The van der Waals surface area contributed by atoms with Crippen molar-refractivity contribution in [3.05, 3.63) is 35.2 Å². The zero-order valence-electron chi connectivity index (χ0n) is 24.4. The predicted octanol–water partition coefficient (Wildman–Crippen LogP) is 5.27. The first-order chi connectivity index (χ1) is 18.7. The fourth-order valence-corrected chi connectivity index (χ4v) is 5.89. The largest absolute Gasteiger partial charge is 0.466 e. The Bertz CT molecular complexity index is 1470. The van der Waals surface area contributed by atoms with Gasteiger partial charge in [-0.1, -0.05) is 53.7 Å². The highest BCUT2D eigenvalue weighted by atomic mass is 32.2. The minimum atomic E-state index is -4.38. The Kier molecular flexibility index (Phi) is 9.88. The number of hydrogen-bond acceptors (Lipinski definition) is 9. The average molecular weight is 574 g/mol. The van der Waals surface area contributed by atoms with E-state index in [9.17, 15) is 18.0 Å². The van der Waals surface area contributed by atoms with Crippen molar-refractivity contribution in [3.63, 3.8) is 0 Å². The van der Waals surface area contributed by atoms with Crippen LogP contribution in [0.5, 0.6) is 5.88 Å². The molecule has 0 fully saturated rings. The number of nitrogens with zero attached hydrogens (tertiary/aromatic N) is 4. The van der Waals surface area contributed by atoms with Crippen LogP contribution in [-0.2, 0) is 31.0 Å². The number of esters is 1. The van der Waals surface area contributed by atoms with Crippen LogP contribution in [0.25, 0.3) is 11.2 Å². The molecule has 0 atom stereocenters. The van der Waals surface area contributed by atoms with Gasteiger partial charge in [-0.25, -0.2) is 4.98 Å². The van der Waals surface area contributed by atoms with Crippen molar-refractivity contribution < 1.29 is 26.9 Å². The van der Waals surface area contributed by atoms with Gasteiger partial charge in [-0.2, -0.15) is 18.4 Å². The quantitative estimate of drug-likeness (QED) is 0.174. The van der Waals surface area contributed by atoms with E-state index in [0.717, 1.165) is 5.56 Å². The molecule has 1 amide bonds. The number of aryl methyl sites for hydroxylation is 1. The van der Waals surface area contributed by atoms with Crippen molar-refractivity contribution in [2.24, 2.45) is 0 Å². The summed E-state index contributed by atoms with van der Waals surface area (Å²) < 4.78 is 40.6. The van der Waals surface area contributed by atoms with Crippen molar-refractivity contribution in [2.45, 2.75) is 97.4 Å². The van der Waals surface area contributed by atoms with Gasteiger partial charge in [0, 0.05) is 20.4 Å². The smallest absolute Gasteiger partial charge is 0.341 e. The summed E-state index contributed by atoms with van der Waals surface area (Å²) in [5.74, 6) is -1.09. The van der Waals surface area contributed by atoms with Crippen LogP contribution >= 0.6 is 0 Å². The van der Waals surface area contributed by atoms with Crippen molar-refractivity contribution in [1.82, 2.24) is 19.5 Å². The molecule has 11 nitrogen and oxygen atoms in total. The van der Waals surface area contributed by atoms with E-state index in [1.807, 2.05) is 39.8 Å². The summed E-state index contributed by atoms with van der Waals surface area (Å²) in [6, 6.07) is 3.87. The third kappa shape index (κ3) is 7.35. The number of unbranched alkanes of at least 4 members (excludes halogenated alkanes) is 1. The van der Waals surface area contributed by atoms with E-state index in [-0.39, 0.29) is 58.2 Å². The summed E-state index contributed by atoms with van der Waals surface area (Å²) >= 11 is 0. The van der Waals surface area contributed by atoms with E-state index in [4.69, 9.17) is 8.92 Å². The Morgan fingerprint density at radius 1 is 0.950 bits per heavy atom.